The summed E-state index contributed by atoms with van der Waals surface area (Å²) in [5.74, 6) is -0.350. The molecule has 2 aromatic carbocycles. The highest BCUT2D eigenvalue weighted by atomic mass is 16.5. The molecular weight excluding hydrogens is 382 g/mol. The number of benzene rings is 2. The average molecular weight is 411 g/mol. The van der Waals surface area contributed by atoms with E-state index in [1.54, 1.807) is 12.1 Å². The number of Topliss-reactive ketones (excluding diaryl/α,β-unsaturated/α-hetero) is 1. The number of anilines is 1. The molecule has 6 heteroatoms. The first-order chi connectivity index (χ1) is 14.5. The number of hydrogen-bond donors (Lipinski definition) is 2. The zero-order valence-electron chi connectivity index (χ0n) is 17.3. The Balaban J connectivity index is 1.70. The van der Waals surface area contributed by atoms with Crippen molar-refractivity contribution in [1.29, 1.82) is 0 Å². The van der Waals surface area contributed by atoms with E-state index in [-0.39, 0.29) is 11.8 Å². The van der Waals surface area contributed by atoms with E-state index < -0.39 is 18.7 Å². The Kier molecular flexibility index (Phi) is 7.46. The van der Waals surface area contributed by atoms with Crippen LogP contribution in [0, 0.1) is 0 Å². The standard InChI is InChI=1S/C24H29NO5/c1-2-3-7-22(26)18-8-10-19(11-9-18)25-13-12-23(27)21(25)15-17-5-4-6-20(14-17)30-16-24(28)29/h4-6,8-11,14,21-22,26H,2-3,7,12-13,15-16H2,1H3,(H,28,29). The smallest absolute Gasteiger partial charge is 0.341 e. The van der Waals surface area contributed by atoms with E-state index in [9.17, 15) is 14.7 Å². The first-order valence-corrected chi connectivity index (χ1v) is 10.5. The van der Waals surface area contributed by atoms with Gasteiger partial charge in [-0.2, -0.15) is 0 Å². The minimum Gasteiger partial charge on any atom is -0.482 e. The normalized spacial score (nSPS) is 17.2. The molecule has 3 rings (SSSR count). The summed E-state index contributed by atoms with van der Waals surface area (Å²) >= 11 is 0. The molecule has 160 valence electrons. The number of carbonyl (C=O) groups excluding carboxylic acids is 1. The van der Waals surface area contributed by atoms with Crippen LogP contribution in [0.3, 0.4) is 0 Å². The minimum absolute atomic E-state index is 0.193. The molecule has 2 atom stereocenters. The van der Waals surface area contributed by atoms with Crippen LogP contribution in [0.1, 0.15) is 49.8 Å². The Morgan fingerprint density at radius 1 is 1.23 bits per heavy atom. The second-order valence-corrected chi connectivity index (χ2v) is 7.71. The summed E-state index contributed by atoms with van der Waals surface area (Å²) in [5, 5.41) is 19.1. The van der Waals surface area contributed by atoms with Gasteiger partial charge < -0.3 is 19.8 Å². The van der Waals surface area contributed by atoms with Crippen molar-refractivity contribution >= 4 is 17.4 Å². The maximum Gasteiger partial charge on any atom is 0.341 e. The number of aliphatic carboxylic acids is 1. The topological polar surface area (TPSA) is 87.1 Å². The summed E-state index contributed by atoms with van der Waals surface area (Å²) in [4.78, 5) is 25.4. The van der Waals surface area contributed by atoms with Crippen LogP contribution in [0.2, 0.25) is 0 Å². The van der Waals surface area contributed by atoms with Gasteiger partial charge in [-0.05, 0) is 48.2 Å². The average Bonchev–Trinajstić information content (AvgIpc) is 3.11. The quantitative estimate of drug-likeness (QED) is 0.619. The molecule has 1 fully saturated rings. The van der Waals surface area contributed by atoms with Gasteiger partial charge in [-0.25, -0.2) is 4.79 Å². The number of carboxylic acid groups (broad SMARTS) is 1. The van der Waals surface area contributed by atoms with Gasteiger partial charge in [0.25, 0.3) is 0 Å². The minimum atomic E-state index is -1.03. The van der Waals surface area contributed by atoms with Gasteiger partial charge >= 0.3 is 5.97 Å². The molecule has 0 spiro atoms. The van der Waals surface area contributed by atoms with E-state index in [2.05, 4.69) is 11.8 Å². The van der Waals surface area contributed by atoms with Crippen molar-refractivity contribution < 1.29 is 24.5 Å². The number of carbonyl (C=O) groups is 2. The Hall–Kier alpha value is -2.86. The number of nitrogens with zero attached hydrogens (tertiary/aromatic N) is 1. The third-order valence-corrected chi connectivity index (χ3v) is 5.48. The summed E-state index contributed by atoms with van der Waals surface area (Å²) < 4.78 is 5.25. The lowest BCUT2D eigenvalue weighted by Crippen LogP contribution is -2.35. The fraction of sp³-hybridized carbons (Fsp3) is 0.417. The lowest BCUT2D eigenvalue weighted by Gasteiger charge is -2.26. The summed E-state index contributed by atoms with van der Waals surface area (Å²) in [6, 6.07) is 14.8. The highest BCUT2D eigenvalue weighted by molar-refractivity contribution is 5.91. The van der Waals surface area contributed by atoms with Gasteiger partial charge in [0.1, 0.15) is 5.75 Å². The maximum absolute atomic E-state index is 12.6. The van der Waals surface area contributed by atoms with E-state index in [1.807, 2.05) is 36.4 Å². The van der Waals surface area contributed by atoms with Gasteiger partial charge in [-0.1, -0.05) is 44.0 Å². The predicted molar refractivity (Wildman–Crippen MR) is 115 cm³/mol. The van der Waals surface area contributed by atoms with Crippen LogP contribution in [-0.2, 0) is 16.0 Å². The molecule has 1 heterocycles. The van der Waals surface area contributed by atoms with E-state index in [1.165, 1.54) is 0 Å². The molecular formula is C24H29NO5. The molecule has 2 N–H and O–H groups in total. The van der Waals surface area contributed by atoms with E-state index >= 15 is 0 Å². The molecule has 2 unspecified atom stereocenters. The number of aliphatic hydroxyl groups is 1. The van der Waals surface area contributed by atoms with Crippen molar-refractivity contribution in [3.05, 3.63) is 59.7 Å². The molecule has 2 aromatic rings. The van der Waals surface area contributed by atoms with Crippen LogP contribution in [0.15, 0.2) is 48.5 Å². The number of unbranched alkanes of at least 4 members (excludes halogenated alkanes) is 1. The largest absolute Gasteiger partial charge is 0.482 e. The van der Waals surface area contributed by atoms with Gasteiger partial charge in [-0.3, -0.25) is 4.79 Å². The molecule has 1 aliphatic rings. The first-order valence-electron chi connectivity index (χ1n) is 10.5. The molecule has 30 heavy (non-hydrogen) atoms. The zero-order valence-corrected chi connectivity index (χ0v) is 17.3. The fourth-order valence-electron chi connectivity index (χ4n) is 3.84. The van der Waals surface area contributed by atoms with Gasteiger partial charge in [0, 0.05) is 18.7 Å². The second-order valence-electron chi connectivity index (χ2n) is 7.71. The van der Waals surface area contributed by atoms with Crippen LogP contribution < -0.4 is 9.64 Å². The van der Waals surface area contributed by atoms with Crippen molar-refractivity contribution in [3.8, 4) is 5.75 Å². The third-order valence-electron chi connectivity index (χ3n) is 5.48. The van der Waals surface area contributed by atoms with Crippen LogP contribution in [0.5, 0.6) is 5.75 Å². The molecule has 0 radical (unpaired) electrons. The highest BCUT2D eigenvalue weighted by Crippen LogP contribution is 2.29. The molecule has 1 aliphatic heterocycles. The second kappa shape index (κ2) is 10.3. The number of ketones is 1. The number of aliphatic hydroxyl groups excluding tert-OH is 1. The summed E-state index contributed by atoms with van der Waals surface area (Å²) in [6.07, 6.45) is 3.37. The number of rotatable bonds is 10. The monoisotopic (exact) mass is 411 g/mol. The first kappa shape index (κ1) is 21.8. The molecule has 0 aliphatic carbocycles. The predicted octanol–water partition coefficient (Wildman–Crippen LogP) is 3.76. The molecule has 0 bridgehead atoms. The Labute approximate surface area is 177 Å². The summed E-state index contributed by atoms with van der Waals surface area (Å²) in [5.41, 5.74) is 2.79. The van der Waals surface area contributed by atoms with Gasteiger partial charge in [0.15, 0.2) is 12.4 Å². The van der Waals surface area contributed by atoms with E-state index in [0.717, 1.165) is 36.1 Å². The molecule has 1 saturated heterocycles. The molecule has 6 nitrogen and oxygen atoms in total. The lowest BCUT2D eigenvalue weighted by atomic mass is 10.0. The Morgan fingerprint density at radius 2 is 2.00 bits per heavy atom. The summed E-state index contributed by atoms with van der Waals surface area (Å²) in [7, 11) is 0. The lowest BCUT2D eigenvalue weighted by molar-refractivity contribution is -0.139. The van der Waals surface area contributed by atoms with Crippen LogP contribution in [-0.4, -0.2) is 41.2 Å². The van der Waals surface area contributed by atoms with Crippen LogP contribution in [0.4, 0.5) is 5.69 Å². The van der Waals surface area contributed by atoms with Crippen molar-refractivity contribution in [2.45, 2.75) is 51.2 Å². The van der Waals surface area contributed by atoms with Gasteiger partial charge in [0.05, 0.1) is 12.1 Å². The molecule has 0 amide bonds. The van der Waals surface area contributed by atoms with Crippen molar-refractivity contribution in [2.75, 3.05) is 18.1 Å². The number of carboxylic acids is 1. The number of hydrogen-bond acceptors (Lipinski definition) is 5. The third kappa shape index (κ3) is 5.60. The molecule has 0 saturated carbocycles. The maximum atomic E-state index is 12.6. The van der Waals surface area contributed by atoms with Gasteiger partial charge in [0.2, 0.25) is 0 Å². The fourth-order valence-corrected chi connectivity index (χ4v) is 3.84. The van der Waals surface area contributed by atoms with Crippen LogP contribution in [0.25, 0.3) is 0 Å². The summed E-state index contributed by atoms with van der Waals surface area (Å²) in [6.45, 7) is 2.37. The van der Waals surface area contributed by atoms with Crippen molar-refractivity contribution in [1.82, 2.24) is 0 Å². The molecule has 0 aromatic heterocycles. The van der Waals surface area contributed by atoms with E-state index in [0.29, 0.717) is 25.1 Å². The highest BCUT2D eigenvalue weighted by Gasteiger charge is 2.32. The SMILES string of the molecule is CCCCC(O)c1ccc(N2CCC(=O)C2Cc2cccc(OCC(=O)O)c2)cc1. The Morgan fingerprint density at radius 3 is 2.70 bits per heavy atom. The van der Waals surface area contributed by atoms with Crippen molar-refractivity contribution in [3.63, 3.8) is 0 Å². The van der Waals surface area contributed by atoms with Crippen molar-refractivity contribution in [2.24, 2.45) is 0 Å². The van der Waals surface area contributed by atoms with Crippen LogP contribution >= 0.6 is 0 Å². The van der Waals surface area contributed by atoms with E-state index in [4.69, 9.17) is 9.84 Å². The zero-order chi connectivity index (χ0) is 21.5. The van der Waals surface area contributed by atoms with Gasteiger partial charge in [-0.15, -0.1) is 0 Å². The number of ether oxygens (including phenoxy) is 1. The Bertz CT molecular complexity index is 864.